The van der Waals surface area contributed by atoms with E-state index >= 15 is 0 Å². The lowest BCUT2D eigenvalue weighted by atomic mass is 9.89. The fourth-order valence-corrected chi connectivity index (χ4v) is 2.51. The molecule has 2 rings (SSSR count). The molecule has 4 N–H and O–H groups in total. The number of aliphatic hydroxyl groups is 1. The van der Waals surface area contributed by atoms with E-state index < -0.39 is 0 Å². The first-order chi connectivity index (χ1) is 11.4. The Morgan fingerprint density at radius 3 is 2.75 bits per heavy atom. The second-order valence-electron chi connectivity index (χ2n) is 6.74. The van der Waals surface area contributed by atoms with E-state index in [0.29, 0.717) is 13.1 Å². The van der Waals surface area contributed by atoms with Gasteiger partial charge < -0.3 is 20.7 Å². The molecule has 0 bridgehead atoms. The van der Waals surface area contributed by atoms with Gasteiger partial charge in [0.25, 0.3) is 0 Å². The van der Waals surface area contributed by atoms with E-state index in [4.69, 9.17) is 0 Å². The summed E-state index contributed by atoms with van der Waals surface area (Å²) in [5, 5.41) is 15.7. The zero-order valence-corrected chi connectivity index (χ0v) is 14.2. The Bertz CT molecular complexity index is 753. The highest BCUT2D eigenvalue weighted by atomic mass is 16.3. The molecule has 2 aromatic rings. The van der Waals surface area contributed by atoms with Gasteiger partial charge in [0, 0.05) is 36.7 Å². The van der Waals surface area contributed by atoms with Crippen LogP contribution in [0.25, 0.3) is 10.9 Å². The van der Waals surface area contributed by atoms with Crippen LogP contribution < -0.4 is 16.2 Å². The maximum Gasteiger partial charge on any atom is 0.315 e. The Hall–Kier alpha value is -2.34. The Morgan fingerprint density at radius 1 is 1.25 bits per heavy atom. The molecule has 0 saturated carbocycles. The Balaban J connectivity index is 1.85. The van der Waals surface area contributed by atoms with Gasteiger partial charge in [0.2, 0.25) is 5.56 Å². The lowest BCUT2D eigenvalue weighted by Crippen LogP contribution is -2.36. The fraction of sp³-hybridized carbons (Fsp3) is 0.444. The number of pyridine rings is 1. The van der Waals surface area contributed by atoms with Gasteiger partial charge >= 0.3 is 6.03 Å². The van der Waals surface area contributed by atoms with Crippen LogP contribution in [0.5, 0.6) is 0 Å². The number of H-pyrrole nitrogens is 1. The number of hydrogen-bond donors (Lipinski definition) is 4. The Labute approximate surface area is 141 Å². The van der Waals surface area contributed by atoms with Crippen LogP contribution in [0.4, 0.5) is 4.79 Å². The van der Waals surface area contributed by atoms with E-state index in [1.165, 1.54) is 6.07 Å². The summed E-state index contributed by atoms with van der Waals surface area (Å²) < 4.78 is 0. The van der Waals surface area contributed by atoms with Crippen molar-refractivity contribution in [1.29, 1.82) is 0 Å². The molecule has 0 aliphatic heterocycles. The SMILES string of the molecule is CC(C)(CO)CCCNC(=O)NCc1cc(=O)[nH]c2ccccc12. The Morgan fingerprint density at radius 2 is 2.00 bits per heavy atom. The van der Waals surface area contributed by atoms with E-state index in [1.54, 1.807) is 0 Å². The monoisotopic (exact) mass is 331 g/mol. The second kappa shape index (κ2) is 7.97. The van der Waals surface area contributed by atoms with Gasteiger partial charge in [-0.2, -0.15) is 0 Å². The summed E-state index contributed by atoms with van der Waals surface area (Å²) in [6.45, 7) is 4.95. The third kappa shape index (κ3) is 5.09. The van der Waals surface area contributed by atoms with Crippen LogP contribution in [0.3, 0.4) is 0 Å². The van der Waals surface area contributed by atoms with Gasteiger partial charge in [-0.15, -0.1) is 0 Å². The molecule has 6 heteroatoms. The molecular formula is C18H25N3O3. The molecule has 0 aliphatic carbocycles. The summed E-state index contributed by atoms with van der Waals surface area (Å²) >= 11 is 0. The van der Waals surface area contributed by atoms with Crippen molar-refractivity contribution in [3.05, 3.63) is 46.2 Å². The zero-order valence-electron chi connectivity index (χ0n) is 14.2. The lowest BCUT2D eigenvalue weighted by molar-refractivity contribution is 0.148. The van der Waals surface area contributed by atoms with E-state index in [2.05, 4.69) is 15.6 Å². The zero-order chi connectivity index (χ0) is 17.6. The number of urea groups is 1. The molecule has 0 spiro atoms. The number of amides is 2. The van der Waals surface area contributed by atoms with Crippen molar-refractivity contribution in [3.8, 4) is 0 Å². The first-order valence-electron chi connectivity index (χ1n) is 8.15. The highest BCUT2D eigenvalue weighted by Gasteiger charge is 2.15. The predicted molar refractivity (Wildman–Crippen MR) is 94.9 cm³/mol. The number of para-hydroxylation sites is 1. The molecule has 24 heavy (non-hydrogen) atoms. The van der Waals surface area contributed by atoms with Gasteiger partial charge in [0.05, 0.1) is 0 Å². The molecule has 2 amide bonds. The number of aromatic nitrogens is 1. The van der Waals surface area contributed by atoms with E-state index in [0.717, 1.165) is 29.3 Å². The summed E-state index contributed by atoms with van der Waals surface area (Å²) in [6.07, 6.45) is 1.64. The van der Waals surface area contributed by atoms with Crippen LogP contribution in [-0.2, 0) is 6.54 Å². The first kappa shape index (κ1) is 18.0. The number of aromatic amines is 1. The van der Waals surface area contributed by atoms with Crippen molar-refractivity contribution in [3.63, 3.8) is 0 Å². The molecule has 1 heterocycles. The van der Waals surface area contributed by atoms with Crippen molar-refractivity contribution in [2.24, 2.45) is 5.41 Å². The number of hydrogen-bond acceptors (Lipinski definition) is 3. The molecule has 1 aromatic carbocycles. The average Bonchev–Trinajstić information content (AvgIpc) is 2.56. The van der Waals surface area contributed by atoms with Crippen LogP contribution in [0, 0.1) is 5.41 Å². The first-order valence-corrected chi connectivity index (χ1v) is 8.15. The summed E-state index contributed by atoms with van der Waals surface area (Å²) in [5.74, 6) is 0. The number of benzene rings is 1. The van der Waals surface area contributed by atoms with Gasteiger partial charge in [-0.05, 0) is 29.9 Å². The quantitative estimate of drug-likeness (QED) is 0.585. The minimum absolute atomic E-state index is 0.123. The predicted octanol–water partition coefficient (Wildman–Crippen LogP) is 2.13. The number of carbonyl (C=O) groups excluding carboxylic acids is 1. The smallest absolute Gasteiger partial charge is 0.315 e. The summed E-state index contributed by atoms with van der Waals surface area (Å²) in [5.41, 5.74) is 1.23. The third-order valence-corrected chi connectivity index (χ3v) is 4.02. The van der Waals surface area contributed by atoms with Crippen LogP contribution >= 0.6 is 0 Å². The summed E-state index contributed by atoms with van der Waals surface area (Å²) in [4.78, 5) is 26.3. The van der Waals surface area contributed by atoms with Crippen LogP contribution in [0.15, 0.2) is 35.1 Å². The molecule has 0 aliphatic rings. The maximum atomic E-state index is 11.9. The number of nitrogens with one attached hydrogen (secondary N) is 3. The van der Waals surface area contributed by atoms with Crippen molar-refractivity contribution in [2.45, 2.75) is 33.2 Å². The molecule has 0 fully saturated rings. The molecule has 0 atom stereocenters. The van der Waals surface area contributed by atoms with Gasteiger partial charge in [-0.3, -0.25) is 4.79 Å². The van der Waals surface area contributed by atoms with Crippen molar-refractivity contribution in [2.75, 3.05) is 13.2 Å². The second-order valence-corrected chi connectivity index (χ2v) is 6.74. The van der Waals surface area contributed by atoms with Crippen molar-refractivity contribution < 1.29 is 9.90 Å². The average molecular weight is 331 g/mol. The molecule has 0 unspecified atom stereocenters. The lowest BCUT2D eigenvalue weighted by Gasteiger charge is -2.21. The minimum atomic E-state index is -0.263. The number of fused-ring (bicyclic) bond motifs is 1. The molecule has 130 valence electrons. The Kier molecular flexibility index (Phi) is 5.98. The highest BCUT2D eigenvalue weighted by molar-refractivity contribution is 5.82. The van der Waals surface area contributed by atoms with Gasteiger partial charge in [-0.1, -0.05) is 32.0 Å². The van der Waals surface area contributed by atoms with E-state index in [1.807, 2.05) is 38.1 Å². The van der Waals surface area contributed by atoms with E-state index in [-0.39, 0.29) is 23.6 Å². The molecular weight excluding hydrogens is 306 g/mol. The van der Waals surface area contributed by atoms with Crippen LogP contribution in [0.2, 0.25) is 0 Å². The minimum Gasteiger partial charge on any atom is -0.396 e. The maximum absolute atomic E-state index is 11.9. The number of carbonyl (C=O) groups is 1. The molecule has 0 radical (unpaired) electrons. The molecule has 6 nitrogen and oxygen atoms in total. The third-order valence-electron chi connectivity index (χ3n) is 4.02. The fourth-order valence-electron chi connectivity index (χ4n) is 2.51. The normalized spacial score (nSPS) is 11.5. The van der Waals surface area contributed by atoms with Gasteiger partial charge in [-0.25, -0.2) is 4.79 Å². The topological polar surface area (TPSA) is 94.2 Å². The standard InChI is InChI=1S/C18H25N3O3/c1-18(2,12-22)8-5-9-19-17(24)20-11-13-10-16(23)21-15-7-4-3-6-14(13)15/h3-4,6-7,10,22H,5,8-9,11-12H2,1-2H3,(H,21,23)(H2,19,20,24). The molecule has 0 saturated heterocycles. The van der Waals surface area contributed by atoms with Crippen molar-refractivity contribution >= 4 is 16.9 Å². The van der Waals surface area contributed by atoms with E-state index in [9.17, 15) is 14.7 Å². The summed E-state index contributed by atoms with van der Waals surface area (Å²) in [7, 11) is 0. The highest BCUT2D eigenvalue weighted by Crippen LogP contribution is 2.20. The van der Waals surface area contributed by atoms with Crippen molar-refractivity contribution in [1.82, 2.24) is 15.6 Å². The van der Waals surface area contributed by atoms with Gasteiger partial charge in [0.1, 0.15) is 0 Å². The number of aliphatic hydroxyl groups excluding tert-OH is 1. The van der Waals surface area contributed by atoms with Gasteiger partial charge in [0.15, 0.2) is 0 Å². The summed E-state index contributed by atoms with van der Waals surface area (Å²) in [6, 6.07) is 8.75. The van der Waals surface area contributed by atoms with Crippen LogP contribution in [0.1, 0.15) is 32.3 Å². The number of rotatable bonds is 7. The van der Waals surface area contributed by atoms with Crippen LogP contribution in [-0.4, -0.2) is 29.3 Å². The largest absolute Gasteiger partial charge is 0.396 e. The molecule has 1 aromatic heterocycles.